The maximum Gasteiger partial charge on any atom is 0.157 e. The Morgan fingerprint density at radius 2 is 2.30 bits per heavy atom. The summed E-state index contributed by atoms with van der Waals surface area (Å²) in [7, 11) is 1.62. The third-order valence-electron chi connectivity index (χ3n) is 4.52. The fourth-order valence-corrected chi connectivity index (χ4v) is 3.32. The summed E-state index contributed by atoms with van der Waals surface area (Å²) in [6.45, 7) is 0. The molecule has 0 atom stereocenters. The second-order valence-corrected chi connectivity index (χ2v) is 6.15. The molecule has 0 spiro atoms. The molecule has 1 N–H and O–H groups in total. The van der Waals surface area contributed by atoms with Crippen molar-refractivity contribution in [2.75, 3.05) is 12.4 Å². The summed E-state index contributed by atoms with van der Waals surface area (Å²) in [5, 5.41) is 9.83. The van der Waals surface area contributed by atoms with Crippen molar-refractivity contribution in [3.8, 4) is 0 Å². The molecule has 0 bridgehead atoms. The summed E-state index contributed by atoms with van der Waals surface area (Å²) >= 11 is 0. The molecule has 0 aliphatic heterocycles. The van der Waals surface area contributed by atoms with Crippen molar-refractivity contribution >= 4 is 22.9 Å². The number of ether oxygens (including phenoxy) is 1. The van der Waals surface area contributed by atoms with Crippen molar-refractivity contribution in [2.24, 2.45) is 10.4 Å². The van der Waals surface area contributed by atoms with Gasteiger partial charge in [-0.1, -0.05) is 6.07 Å². The van der Waals surface area contributed by atoms with Crippen LogP contribution in [0.2, 0.25) is 0 Å². The van der Waals surface area contributed by atoms with Gasteiger partial charge in [0.2, 0.25) is 0 Å². The van der Waals surface area contributed by atoms with Crippen LogP contribution in [0.3, 0.4) is 0 Å². The molecule has 8 nitrogen and oxygen atoms in total. The maximum absolute atomic E-state index is 10.4. The Bertz CT molecular complexity index is 1050. The molecule has 2 heterocycles. The van der Waals surface area contributed by atoms with Gasteiger partial charge in [0.25, 0.3) is 0 Å². The zero-order valence-electron chi connectivity index (χ0n) is 14.8. The van der Waals surface area contributed by atoms with Crippen LogP contribution in [0.4, 0.5) is 11.5 Å². The fourth-order valence-electron chi connectivity index (χ4n) is 3.32. The smallest absolute Gasteiger partial charge is 0.157 e. The molecule has 3 aromatic rings. The first-order valence-corrected chi connectivity index (χ1v) is 8.58. The minimum atomic E-state index is 0.630. The summed E-state index contributed by atoms with van der Waals surface area (Å²) in [5.74, 6) is 0.884. The van der Waals surface area contributed by atoms with E-state index in [4.69, 9.17) is 4.74 Å². The standard InChI is InChI=1S/C19H18N6O2/c1-27-10-2-3-17-19(25-9-8-20-12-18(25)22-17)21-14-5-6-15-13(11-14)4-7-16(15)23-24-26/h2,5-6,8-12,21H,3-4,7H2,1H3/b10-2-,23-16+. The molecular weight excluding hydrogens is 344 g/mol. The van der Waals surface area contributed by atoms with Crippen LogP contribution in [0, 0.1) is 4.91 Å². The van der Waals surface area contributed by atoms with E-state index in [1.54, 1.807) is 25.8 Å². The molecule has 2 aromatic heterocycles. The minimum absolute atomic E-state index is 0.630. The number of nitroso groups, excluding NO2 is 1. The highest BCUT2D eigenvalue weighted by molar-refractivity contribution is 6.04. The summed E-state index contributed by atoms with van der Waals surface area (Å²) in [6, 6.07) is 6.03. The van der Waals surface area contributed by atoms with Gasteiger partial charge in [-0.3, -0.25) is 9.38 Å². The van der Waals surface area contributed by atoms with Crippen molar-refractivity contribution in [1.29, 1.82) is 0 Å². The zero-order valence-corrected chi connectivity index (χ0v) is 14.8. The first kappa shape index (κ1) is 16.9. The molecular formula is C19H18N6O2. The Kier molecular flexibility index (Phi) is 4.61. The Balaban J connectivity index is 1.69. The number of allylic oxidation sites excluding steroid dienone is 1. The molecule has 4 rings (SSSR count). The molecule has 8 heteroatoms. The predicted octanol–water partition coefficient (Wildman–Crippen LogP) is 3.59. The van der Waals surface area contributed by atoms with Crippen LogP contribution in [0.25, 0.3) is 5.65 Å². The van der Waals surface area contributed by atoms with Crippen LogP contribution in [-0.2, 0) is 17.6 Å². The van der Waals surface area contributed by atoms with E-state index in [0.29, 0.717) is 6.42 Å². The molecule has 1 aliphatic rings. The number of aryl methyl sites for hydroxylation is 1. The molecule has 27 heavy (non-hydrogen) atoms. The Morgan fingerprint density at radius 3 is 3.15 bits per heavy atom. The average Bonchev–Trinajstić information content (AvgIpc) is 3.24. The highest BCUT2D eigenvalue weighted by atomic mass is 16.5. The summed E-state index contributed by atoms with van der Waals surface area (Å²) in [6.07, 6.45) is 11.1. The van der Waals surface area contributed by atoms with Gasteiger partial charge in [0, 0.05) is 30.1 Å². The van der Waals surface area contributed by atoms with E-state index in [2.05, 4.69) is 31.7 Å². The lowest BCUT2D eigenvalue weighted by atomic mass is 10.1. The second-order valence-electron chi connectivity index (χ2n) is 6.15. The normalized spacial score (nSPS) is 14.8. The maximum atomic E-state index is 10.4. The number of methoxy groups -OCH3 is 1. The number of rotatable bonds is 6. The number of anilines is 2. The first-order chi connectivity index (χ1) is 13.3. The minimum Gasteiger partial charge on any atom is -0.505 e. The van der Waals surface area contributed by atoms with Gasteiger partial charge in [-0.15, -0.1) is 10.0 Å². The first-order valence-electron chi connectivity index (χ1n) is 8.58. The Labute approximate surface area is 155 Å². The summed E-state index contributed by atoms with van der Waals surface area (Å²) in [4.78, 5) is 19.2. The largest absolute Gasteiger partial charge is 0.505 e. The van der Waals surface area contributed by atoms with E-state index in [0.717, 1.165) is 52.5 Å². The number of aromatic nitrogens is 3. The highest BCUT2D eigenvalue weighted by Crippen LogP contribution is 2.29. The highest BCUT2D eigenvalue weighted by Gasteiger charge is 2.19. The van der Waals surface area contributed by atoms with Crippen LogP contribution >= 0.6 is 0 Å². The lowest BCUT2D eigenvalue weighted by Crippen LogP contribution is -2.00. The molecule has 136 valence electrons. The van der Waals surface area contributed by atoms with Crippen molar-refractivity contribution in [2.45, 2.75) is 19.3 Å². The van der Waals surface area contributed by atoms with Crippen LogP contribution in [0.15, 0.2) is 59.5 Å². The Hall–Kier alpha value is -3.55. The third kappa shape index (κ3) is 3.29. The zero-order chi connectivity index (χ0) is 18.6. The van der Waals surface area contributed by atoms with Gasteiger partial charge < -0.3 is 10.1 Å². The molecule has 0 fully saturated rings. The van der Waals surface area contributed by atoms with Crippen molar-refractivity contribution in [3.63, 3.8) is 0 Å². The van der Waals surface area contributed by atoms with Crippen LogP contribution < -0.4 is 5.32 Å². The second kappa shape index (κ2) is 7.36. The topological polar surface area (TPSA) is 93.2 Å². The van der Waals surface area contributed by atoms with E-state index in [1.165, 1.54) is 0 Å². The number of nitrogens with zero attached hydrogens (tertiary/aromatic N) is 5. The van der Waals surface area contributed by atoms with Gasteiger partial charge in [0.15, 0.2) is 5.65 Å². The quantitative estimate of drug-likeness (QED) is 0.411. The molecule has 0 saturated heterocycles. The van der Waals surface area contributed by atoms with E-state index in [1.807, 2.05) is 28.8 Å². The van der Waals surface area contributed by atoms with E-state index < -0.39 is 0 Å². The fraction of sp³-hybridized carbons (Fsp3) is 0.211. The molecule has 1 aromatic carbocycles. The van der Waals surface area contributed by atoms with Gasteiger partial charge in [-0.2, -0.15) is 0 Å². The third-order valence-corrected chi connectivity index (χ3v) is 4.52. The summed E-state index contributed by atoms with van der Waals surface area (Å²) in [5.41, 5.74) is 5.50. The lowest BCUT2D eigenvalue weighted by Gasteiger charge is -2.10. The molecule has 0 radical (unpaired) electrons. The van der Waals surface area contributed by atoms with Crippen LogP contribution in [-0.4, -0.2) is 27.2 Å². The number of nitrogens with one attached hydrogen (secondary N) is 1. The van der Waals surface area contributed by atoms with Gasteiger partial charge in [0.1, 0.15) is 5.82 Å². The molecule has 0 amide bonds. The number of fused-ring (bicyclic) bond motifs is 2. The summed E-state index contributed by atoms with van der Waals surface area (Å²) < 4.78 is 6.96. The Morgan fingerprint density at radius 1 is 1.37 bits per heavy atom. The van der Waals surface area contributed by atoms with Crippen molar-refractivity contribution in [3.05, 3.63) is 70.9 Å². The van der Waals surface area contributed by atoms with Crippen molar-refractivity contribution in [1.82, 2.24) is 14.4 Å². The molecule has 0 unspecified atom stereocenters. The van der Waals surface area contributed by atoms with E-state index in [9.17, 15) is 4.91 Å². The van der Waals surface area contributed by atoms with Gasteiger partial charge in [-0.25, -0.2) is 4.98 Å². The molecule has 1 aliphatic carbocycles. The SMILES string of the molecule is CO/C=C\Cc1nc2cnccn2c1Nc1ccc2c(c1)CC/C2=N\N=O. The number of benzene rings is 1. The predicted molar refractivity (Wildman–Crippen MR) is 103 cm³/mol. The average molecular weight is 362 g/mol. The molecule has 0 saturated carbocycles. The van der Waals surface area contributed by atoms with Gasteiger partial charge in [0.05, 0.1) is 36.3 Å². The monoisotopic (exact) mass is 362 g/mol. The number of imidazole rings is 1. The van der Waals surface area contributed by atoms with Gasteiger partial charge >= 0.3 is 0 Å². The van der Waals surface area contributed by atoms with E-state index >= 15 is 0 Å². The van der Waals surface area contributed by atoms with Crippen LogP contribution in [0.5, 0.6) is 0 Å². The van der Waals surface area contributed by atoms with E-state index in [-0.39, 0.29) is 0 Å². The lowest BCUT2D eigenvalue weighted by molar-refractivity contribution is 0.337. The van der Waals surface area contributed by atoms with Crippen molar-refractivity contribution < 1.29 is 4.74 Å². The number of hydrogen-bond acceptors (Lipinski definition) is 6. The number of hydrogen-bond donors (Lipinski definition) is 1. The van der Waals surface area contributed by atoms with Crippen LogP contribution in [0.1, 0.15) is 23.2 Å². The van der Waals surface area contributed by atoms with Gasteiger partial charge in [-0.05, 0) is 36.6 Å².